The number of fused-ring (bicyclic) bond motifs is 1. The van der Waals surface area contributed by atoms with Crippen LogP contribution in [-0.4, -0.2) is 18.9 Å². The standard InChI is InChI=1S/C15H20N2O2/c1-4-5-6-11-7-8-13-12(9-11)14(16-10(2)18)15(19)17(13)3/h7-9,14H,4-6H2,1-3H3,(H,16,18). The minimum absolute atomic E-state index is 0.0714. The van der Waals surface area contributed by atoms with Crippen molar-refractivity contribution in [1.82, 2.24) is 5.32 Å². The van der Waals surface area contributed by atoms with Crippen molar-refractivity contribution in [2.75, 3.05) is 11.9 Å². The summed E-state index contributed by atoms with van der Waals surface area (Å²) >= 11 is 0. The first kappa shape index (κ1) is 13.6. The summed E-state index contributed by atoms with van der Waals surface area (Å²) in [5, 5.41) is 2.73. The number of hydrogen-bond acceptors (Lipinski definition) is 2. The second-order valence-electron chi connectivity index (χ2n) is 5.03. The summed E-state index contributed by atoms with van der Waals surface area (Å²) in [6, 6.07) is 5.56. The number of nitrogens with zero attached hydrogens (tertiary/aromatic N) is 1. The van der Waals surface area contributed by atoms with Crippen LogP contribution in [0.3, 0.4) is 0 Å². The van der Waals surface area contributed by atoms with Gasteiger partial charge in [-0.2, -0.15) is 0 Å². The number of likely N-dealkylation sites (N-methyl/N-ethyl adjacent to an activating group) is 1. The molecule has 0 radical (unpaired) electrons. The summed E-state index contributed by atoms with van der Waals surface area (Å²) in [7, 11) is 1.74. The number of rotatable bonds is 4. The fraction of sp³-hybridized carbons (Fsp3) is 0.467. The van der Waals surface area contributed by atoms with Crippen molar-refractivity contribution in [2.24, 2.45) is 0 Å². The van der Waals surface area contributed by atoms with E-state index in [1.165, 1.54) is 12.5 Å². The average molecular weight is 260 g/mol. The second-order valence-corrected chi connectivity index (χ2v) is 5.03. The van der Waals surface area contributed by atoms with E-state index in [2.05, 4.69) is 18.3 Å². The lowest BCUT2D eigenvalue weighted by atomic mass is 10.0. The van der Waals surface area contributed by atoms with Gasteiger partial charge in [0, 0.05) is 25.2 Å². The van der Waals surface area contributed by atoms with Crippen molar-refractivity contribution in [2.45, 2.75) is 39.2 Å². The normalized spacial score (nSPS) is 17.5. The number of aryl methyl sites for hydroxylation is 1. The minimum atomic E-state index is -0.529. The van der Waals surface area contributed by atoms with E-state index in [0.717, 1.165) is 30.5 Å². The molecule has 2 amide bonds. The zero-order valence-electron chi connectivity index (χ0n) is 11.7. The van der Waals surface area contributed by atoms with Gasteiger partial charge < -0.3 is 10.2 Å². The van der Waals surface area contributed by atoms with E-state index in [0.29, 0.717) is 0 Å². The maximum atomic E-state index is 12.1. The molecule has 0 bridgehead atoms. The first-order valence-corrected chi connectivity index (χ1v) is 6.72. The van der Waals surface area contributed by atoms with Crippen LogP contribution in [0.4, 0.5) is 5.69 Å². The van der Waals surface area contributed by atoms with E-state index < -0.39 is 6.04 Å². The second kappa shape index (κ2) is 5.43. The van der Waals surface area contributed by atoms with E-state index in [1.807, 2.05) is 12.1 Å². The number of benzene rings is 1. The van der Waals surface area contributed by atoms with E-state index >= 15 is 0 Å². The highest BCUT2D eigenvalue weighted by Crippen LogP contribution is 2.35. The molecule has 1 aliphatic rings. The third-order valence-corrected chi connectivity index (χ3v) is 3.51. The molecule has 1 aromatic rings. The van der Waals surface area contributed by atoms with Crippen LogP contribution in [-0.2, 0) is 16.0 Å². The molecule has 0 aliphatic carbocycles. The molecule has 2 rings (SSSR count). The quantitative estimate of drug-likeness (QED) is 0.902. The van der Waals surface area contributed by atoms with Gasteiger partial charge in [-0.3, -0.25) is 9.59 Å². The molecule has 1 atom stereocenters. The van der Waals surface area contributed by atoms with Crippen LogP contribution in [0.2, 0.25) is 0 Å². The lowest BCUT2D eigenvalue weighted by molar-refractivity contribution is -0.125. The topological polar surface area (TPSA) is 49.4 Å². The molecule has 1 N–H and O–H groups in total. The molecular weight excluding hydrogens is 240 g/mol. The SMILES string of the molecule is CCCCc1ccc2c(c1)C(NC(C)=O)C(=O)N2C. The molecule has 0 saturated heterocycles. The number of unbranched alkanes of at least 4 members (excludes halogenated alkanes) is 1. The third-order valence-electron chi connectivity index (χ3n) is 3.51. The molecule has 102 valence electrons. The van der Waals surface area contributed by atoms with Crippen LogP contribution in [0.5, 0.6) is 0 Å². The lowest BCUT2D eigenvalue weighted by Gasteiger charge is -2.11. The van der Waals surface area contributed by atoms with Crippen molar-refractivity contribution in [3.63, 3.8) is 0 Å². The molecule has 1 unspecified atom stereocenters. The Hall–Kier alpha value is -1.84. The highest BCUT2D eigenvalue weighted by atomic mass is 16.2. The van der Waals surface area contributed by atoms with Crippen molar-refractivity contribution in [3.05, 3.63) is 29.3 Å². The van der Waals surface area contributed by atoms with Crippen LogP contribution in [0.15, 0.2) is 18.2 Å². The Bertz CT molecular complexity index is 511. The van der Waals surface area contributed by atoms with Crippen molar-refractivity contribution < 1.29 is 9.59 Å². The Morgan fingerprint density at radius 3 is 2.79 bits per heavy atom. The maximum Gasteiger partial charge on any atom is 0.254 e. The van der Waals surface area contributed by atoms with Crippen LogP contribution >= 0.6 is 0 Å². The Labute approximate surface area is 113 Å². The van der Waals surface area contributed by atoms with Gasteiger partial charge in [0.15, 0.2) is 0 Å². The largest absolute Gasteiger partial charge is 0.341 e. The van der Waals surface area contributed by atoms with Crippen molar-refractivity contribution in [1.29, 1.82) is 0 Å². The van der Waals surface area contributed by atoms with Gasteiger partial charge in [-0.05, 0) is 24.5 Å². The molecule has 0 aromatic heterocycles. The zero-order valence-corrected chi connectivity index (χ0v) is 11.7. The average Bonchev–Trinajstić information content (AvgIpc) is 2.61. The highest BCUT2D eigenvalue weighted by Gasteiger charge is 2.35. The summed E-state index contributed by atoms with van der Waals surface area (Å²) < 4.78 is 0. The van der Waals surface area contributed by atoms with Crippen LogP contribution in [0.25, 0.3) is 0 Å². The molecule has 19 heavy (non-hydrogen) atoms. The highest BCUT2D eigenvalue weighted by molar-refractivity contribution is 6.05. The Morgan fingerprint density at radius 2 is 2.16 bits per heavy atom. The van der Waals surface area contributed by atoms with E-state index in [1.54, 1.807) is 11.9 Å². The van der Waals surface area contributed by atoms with E-state index in [-0.39, 0.29) is 11.8 Å². The molecule has 0 saturated carbocycles. The Morgan fingerprint density at radius 1 is 1.42 bits per heavy atom. The van der Waals surface area contributed by atoms with Gasteiger partial charge in [0.05, 0.1) is 0 Å². The Balaban J connectivity index is 2.32. The molecule has 1 aromatic carbocycles. The van der Waals surface area contributed by atoms with Gasteiger partial charge in [-0.25, -0.2) is 0 Å². The van der Waals surface area contributed by atoms with Gasteiger partial charge in [0.25, 0.3) is 5.91 Å². The third kappa shape index (κ3) is 2.62. The van der Waals surface area contributed by atoms with Gasteiger partial charge in [0.1, 0.15) is 6.04 Å². The predicted molar refractivity (Wildman–Crippen MR) is 75.0 cm³/mol. The number of hydrogen-bond donors (Lipinski definition) is 1. The molecule has 4 nitrogen and oxygen atoms in total. The summed E-state index contributed by atoms with van der Waals surface area (Å²) in [5.74, 6) is -0.253. The molecule has 0 fully saturated rings. The lowest BCUT2D eigenvalue weighted by Crippen LogP contribution is -2.34. The smallest absolute Gasteiger partial charge is 0.254 e. The van der Waals surface area contributed by atoms with Gasteiger partial charge >= 0.3 is 0 Å². The molecule has 0 spiro atoms. The number of amides is 2. The molecule has 1 heterocycles. The van der Waals surface area contributed by atoms with Gasteiger partial charge in [-0.15, -0.1) is 0 Å². The molecule has 4 heteroatoms. The summed E-state index contributed by atoms with van der Waals surface area (Å²) in [5.41, 5.74) is 3.03. The van der Waals surface area contributed by atoms with Crippen LogP contribution < -0.4 is 10.2 Å². The fourth-order valence-corrected chi connectivity index (χ4v) is 2.47. The zero-order chi connectivity index (χ0) is 14.0. The number of carbonyl (C=O) groups excluding carboxylic acids is 2. The number of nitrogens with one attached hydrogen (secondary N) is 1. The summed E-state index contributed by atoms with van der Waals surface area (Å²) in [6.45, 7) is 3.59. The number of anilines is 1. The van der Waals surface area contributed by atoms with Crippen molar-refractivity contribution in [3.8, 4) is 0 Å². The minimum Gasteiger partial charge on any atom is -0.341 e. The monoisotopic (exact) mass is 260 g/mol. The Kier molecular flexibility index (Phi) is 3.88. The summed E-state index contributed by atoms with van der Waals surface area (Å²) in [4.78, 5) is 25.0. The summed E-state index contributed by atoms with van der Waals surface area (Å²) in [6.07, 6.45) is 3.28. The number of carbonyl (C=O) groups is 2. The van der Waals surface area contributed by atoms with Gasteiger partial charge in [0.2, 0.25) is 5.91 Å². The maximum absolute atomic E-state index is 12.1. The van der Waals surface area contributed by atoms with Crippen molar-refractivity contribution >= 4 is 17.5 Å². The van der Waals surface area contributed by atoms with E-state index in [4.69, 9.17) is 0 Å². The first-order valence-electron chi connectivity index (χ1n) is 6.72. The molecule has 1 aliphatic heterocycles. The van der Waals surface area contributed by atoms with Crippen LogP contribution in [0.1, 0.15) is 43.9 Å². The predicted octanol–water partition coefficient (Wildman–Crippen LogP) is 2.18. The molecular formula is C15H20N2O2. The van der Waals surface area contributed by atoms with E-state index in [9.17, 15) is 9.59 Å². The van der Waals surface area contributed by atoms with Crippen LogP contribution in [0, 0.1) is 0 Å². The van der Waals surface area contributed by atoms with Gasteiger partial charge in [-0.1, -0.05) is 25.5 Å². The first-order chi connectivity index (χ1) is 9.04. The fourth-order valence-electron chi connectivity index (χ4n) is 2.47.